The van der Waals surface area contributed by atoms with Crippen molar-refractivity contribution in [3.8, 4) is 0 Å². The second-order valence-corrected chi connectivity index (χ2v) is 10.7. The van der Waals surface area contributed by atoms with Crippen LogP contribution in [0, 0.1) is 0 Å². The monoisotopic (exact) mass is 403 g/mol. The van der Waals surface area contributed by atoms with Crippen molar-refractivity contribution in [2.75, 3.05) is 46.7 Å². The highest BCUT2D eigenvalue weighted by atomic mass is 33.1. The summed E-state index contributed by atoms with van der Waals surface area (Å²) in [5.74, 6) is 0.708. The first-order valence-electron chi connectivity index (χ1n) is 7.59. The first kappa shape index (κ1) is 22.4. The summed E-state index contributed by atoms with van der Waals surface area (Å²) in [5.41, 5.74) is 0. The van der Waals surface area contributed by atoms with Crippen LogP contribution in [0.25, 0.3) is 0 Å². The minimum absolute atomic E-state index is 0.179. The molecule has 0 aromatic heterocycles. The van der Waals surface area contributed by atoms with Crippen molar-refractivity contribution in [2.45, 2.75) is 30.3 Å². The largest absolute Gasteiger partial charge is 0.756 e. The third-order valence-electron chi connectivity index (χ3n) is 3.12. The Labute approximate surface area is 150 Å². The zero-order valence-corrected chi connectivity index (χ0v) is 16.6. The molecule has 4 atom stereocenters. The van der Waals surface area contributed by atoms with Crippen molar-refractivity contribution in [1.82, 2.24) is 0 Å². The average Bonchev–Trinajstić information content (AvgIpc) is 2.50. The van der Waals surface area contributed by atoms with Crippen LogP contribution in [0.1, 0.15) is 12.8 Å². The molecule has 11 heteroatoms. The van der Waals surface area contributed by atoms with Gasteiger partial charge in [-0.1, -0.05) is 21.6 Å². The van der Waals surface area contributed by atoms with Gasteiger partial charge in [-0.15, -0.1) is 0 Å². The lowest BCUT2D eigenvalue weighted by atomic mass is 10.1. The summed E-state index contributed by atoms with van der Waals surface area (Å²) in [6.45, 7) is -1.06. The highest BCUT2D eigenvalue weighted by Crippen LogP contribution is 2.42. The predicted molar refractivity (Wildman–Crippen MR) is 92.5 cm³/mol. The fraction of sp³-hybridized carbons (Fsp3) is 0.923. The molecule has 1 fully saturated rings. The predicted octanol–water partition coefficient (Wildman–Crippen LogP) is 0.0289. The Morgan fingerprint density at radius 3 is 2.62 bits per heavy atom. The number of hydrogen-bond donors (Lipinski definition) is 2. The van der Waals surface area contributed by atoms with E-state index in [1.807, 2.05) is 21.1 Å². The van der Waals surface area contributed by atoms with Gasteiger partial charge in [-0.3, -0.25) is 9.36 Å². The molecule has 3 unspecified atom stereocenters. The van der Waals surface area contributed by atoms with E-state index in [-0.39, 0.29) is 17.6 Å². The van der Waals surface area contributed by atoms with Crippen molar-refractivity contribution in [1.29, 1.82) is 0 Å². The zero-order chi connectivity index (χ0) is 18.4. The fourth-order valence-electron chi connectivity index (χ4n) is 1.99. The Hall–Kier alpha value is 0.360. The Morgan fingerprint density at radius 1 is 1.46 bits per heavy atom. The molecule has 0 radical (unpaired) electrons. The van der Waals surface area contributed by atoms with Gasteiger partial charge in [0.05, 0.1) is 39.6 Å². The van der Waals surface area contributed by atoms with Gasteiger partial charge >= 0.3 is 0 Å². The maximum Gasteiger partial charge on any atom is 0.268 e. The number of quaternary nitrogens is 1. The molecule has 1 aliphatic rings. The van der Waals surface area contributed by atoms with Gasteiger partial charge in [-0.25, -0.2) is 0 Å². The molecule has 0 aromatic carbocycles. The average molecular weight is 403 g/mol. The number of nitrogens with zero attached hydrogens (tertiary/aromatic N) is 1. The Balaban J connectivity index is 2.77. The molecule has 8 nitrogen and oxygen atoms in total. The van der Waals surface area contributed by atoms with Crippen LogP contribution in [-0.4, -0.2) is 84.6 Å². The number of aliphatic hydroxyl groups is 2. The molecule has 1 aliphatic heterocycles. The van der Waals surface area contributed by atoms with Crippen LogP contribution in [-0.2, 0) is 18.4 Å². The number of hydrogen-bond acceptors (Lipinski definition) is 9. The highest BCUT2D eigenvalue weighted by Gasteiger charge is 2.36. The summed E-state index contributed by atoms with van der Waals surface area (Å²) >= 11 is 0. The lowest BCUT2D eigenvalue weighted by Gasteiger charge is -2.34. The number of Topliss-reactive ketones (excluding diaryl/α,β-unsaturated/α-hetero) is 1. The number of ketones is 1. The van der Waals surface area contributed by atoms with Crippen molar-refractivity contribution >= 4 is 35.2 Å². The number of aliphatic hydroxyl groups excluding tert-OH is 2. The van der Waals surface area contributed by atoms with Gasteiger partial charge in [0.1, 0.15) is 12.6 Å². The third-order valence-corrected chi connectivity index (χ3v) is 6.99. The van der Waals surface area contributed by atoms with Crippen molar-refractivity contribution in [3.63, 3.8) is 0 Å². The van der Waals surface area contributed by atoms with E-state index in [1.54, 1.807) is 10.8 Å². The van der Waals surface area contributed by atoms with Crippen molar-refractivity contribution in [3.05, 3.63) is 0 Å². The Bertz CT molecular complexity index is 454. The molecule has 1 saturated heterocycles. The summed E-state index contributed by atoms with van der Waals surface area (Å²) in [5, 5.41) is 17.6. The van der Waals surface area contributed by atoms with Crippen LogP contribution >= 0.6 is 29.4 Å². The molecular formula is C13H26NO7PS2. The highest BCUT2D eigenvalue weighted by molar-refractivity contribution is 8.77. The van der Waals surface area contributed by atoms with E-state index >= 15 is 0 Å². The summed E-state index contributed by atoms with van der Waals surface area (Å²) < 4.78 is 21.9. The minimum Gasteiger partial charge on any atom is -0.756 e. The van der Waals surface area contributed by atoms with Crippen LogP contribution in [0.4, 0.5) is 0 Å². The third kappa shape index (κ3) is 8.64. The van der Waals surface area contributed by atoms with Gasteiger partial charge in [-0.2, -0.15) is 0 Å². The quantitative estimate of drug-likeness (QED) is 0.296. The second kappa shape index (κ2) is 9.89. The molecule has 0 amide bonds. The van der Waals surface area contributed by atoms with E-state index in [0.717, 1.165) is 12.2 Å². The van der Waals surface area contributed by atoms with Gasteiger partial charge in [0.15, 0.2) is 11.9 Å². The maximum absolute atomic E-state index is 12.7. The summed E-state index contributed by atoms with van der Waals surface area (Å²) in [4.78, 5) is 24.6. The van der Waals surface area contributed by atoms with Gasteiger partial charge in [0.2, 0.25) is 0 Å². The lowest BCUT2D eigenvalue weighted by Crippen LogP contribution is -2.48. The molecule has 0 bridgehead atoms. The second-order valence-electron chi connectivity index (χ2n) is 6.60. The number of likely N-dealkylation sites (N-methyl/N-ethyl adjacent to an activating group) is 1. The standard InChI is InChI=1S/C13H26NO7PS2/c1-14(2,3)7-11(13(17)12-5-4-6-23-24-12)21-22(18,19)20-9-10(16)8-15/h10-12,15-16H,4-9H2,1-3H3/t10-,11?,12?/m1/s1. The van der Waals surface area contributed by atoms with Crippen LogP contribution in [0.2, 0.25) is 0 Å². The molecule has 0 aliphatic carbocycles. The number of carbonyl (C=O) groups excluding carboxylic acids is 1. The maximum atomic E-state index is 12.7. The van der Waals surface area contributed by atoms with E-state index in [1.165, 1.54) is 10.8 Å². The number of rotatable bonds is 10. The van der Waals surface area contributed by atoms with E-state index in [4.69, 9.17) is 9.63 Å². The molecule has 142 valence electrons. The molecule has 0 spiro atoms. The van der Waals surface area contributed by atoms with E-state index in [0.29, 0.717) is 10.9 Å². The molecular weight excluding hydrogens is 377 g/mol. The summed E-state index contributed by atoms with van der Waals surface area (Å²) in [7, 11) is 3.77. The van der Waals surface area contributed by atoms with E-state index in [9.17, 15) is 19.4 Å². The van der Waals surface area contributed by atoms with Crippen LogP contribution in [0.5, 0.6) is 0 Å². The van der Waals surface area contributed by atoms with Gasteiger partial charge < -0.3 is 28.6 Å². The SMILES string of the molecule is C[N+](C)(C)CC(OP(=O)([O-])OC[C@H](O)CO)C(=O)C1CCCSS1. The van der Waals surface area contributed by atoms with Gasteiger partial charge in [0.25, 0.3) is 7.82 Å². The normalized spacial score (nSPS) is 24.2. The molecule has 2 N–H and O–H groups in total. The van der Waals surface area contributed by atoms with Crippen LogP contribution < -0.4 is 4.89 Å². The summed E-state index contributed by atoms with van der Waals surface area (Å²) in [6.07, 6.45) is -0.871. The van der Waals surface area contributed by atoms with E-state index in [2.05, 4.69) is 4.52 Å². The lowest BCUT2D eigenvalue weighted by molar-refractivity contribution is -0.872. The number of phosphoric ester groups is 1. The zero-order valence-electron chi connectivity index (χ0n) is 14.1. The van der Waals surface area contributed by atoms with Crippen LogP contribution in [0.15, 0.2) is 0 Å². The topological polar surface area (TPSA) is 116 Å². The van der Waals surface area contributed by atoms with E-state index < -0.39 is 33.2 Å². The van der Waals surface area contributed by atoms with Gasteiger partial charge in [0, 0.05) is 5.75 Å². The number of phosphoric acid groups is 1. The van der Waals surface area contributed by atoms with Crippen molar-refractivity contribution < 1.29 is 38.0 Å². The first-order valence-corrected chi connectivity index (χ1v) is 11.4. The molecule has 1 rings (SSSR count). The molecule has 0 aromatic rings. The molecule has 24 heavy (non-hydrogen) atoms. The first-order chi connectivity index (χ1) is 11.0. The number of carbonyl (C=O) groups is 1. The Morgan fingerprint density at radius 2 is 2.12 bits per heavy atom. The summed E-state index contributed by atoms with van der Waals surface area (Å²) in [6, 6.07) is 0. The fourth-order valence-corrected chi connectivity index (χ4v) is 5.65. The molecule has 0 saturated carbocycles. The van der Waals surface area contributed by atoms with Crippen LogP contribution in [0.3, 0.4) is 0 Å². The van der Waals surface area contributed by atoms with Gasteiger partial charge in [-0.05, 0) is 12.8 Å². The Kier molecular flexibility index (Phi) is 9.23. The van der Waals surface area contributed by atoms with Crippen molar-refractivity contribution in [2.24, 2.45) is 0 Å². The minimum atomic E-state index is -4.77. The molecule has 1 heterocycles. The smallest absolute Gasteiger partial charge is 0.268 e.